The van der Waals surface area contributed by atoms with Gasteiger partial charge in [0.1, 0.15) is 11.4 Å². The van der Waals surface area contributed by atoms with Crippen molar-refractivity contribution in [3.63, 3.8) is 0 Å². The van der Waals surface area contributed by atoms with Crippen LogP contribution in [0.1, 0.15) is 16.7 Å². The Labute approximate surface area is 201 Å². The van der Waals surface area contributed by atoms with E-state index in [1.165, 1.54) is 0 Å². The molecule has 182 valence electrons. The van der Waals surface area contributed by atoms with Crippen molar-refractivity contribution in [1.82, 2.24) is 10.2 Å². The zero-order chi connectivity index (χ0) is 25.7. The molecule has 0 bridgehead atoms. The van der Waals surface area contributed by atoms with Crippen LogP contribution in [0.4, 0.5) is 26.3 Å². The molecule has 5 rings (SSSR count). The third-order valence-corrected chi connectivity index (χ3v) is 5.77. The fraction of sp³-hybridized carbons (Fsp3) is 0.111. The van der Waals surface area contributed by atoms with Crippen molar-refractivity contribution in [2.24, 2.45) is 0 Å². The quantitative estimate of drug-likeness (QED) is 0.185. The summed E-state index contributed by atoms with van der Waals surface area (Å²) in [6.45, 7) is 1.13. The summed E-state index contributed by atoms with van der Waals surface area (Å²) in [4.78, 5) is 0. The highest BCUT2D eigenvalue weighted by Crippen LogP contribution is 2.45. The third kappa shape index (κ3) is 4.32. The molecule has 0 aliphatic rings. The van der Waals surface area contributed by atoms with Crippen LogP contribution in [0.25, 0.3) is 32.8 Å². The summed E-state index contributed by atoms with van der Waals surface area (Å²) >= 11 is 0. The van der Waals surface area contributed by atoms with E-state index in [2.05, 4.69) is 10.2 Å². The van der Waals surface area contributed by atoms with Gasteiger partial charge in [-0.2, -0.15) is 26.3 Å². The second-order valence-electron chi connectivity index (χ2n) is 8.23. The topological polar surface area (TPSA) is 35.0 Å². The molecule has 9 heteroatoms. The Balaban J connectivity index is 1.75. The van der Waals surface area contributed by atoms with E-state index in [0.717, 1.165) is 23.3 Å². The van der Waals surface area contributed by atoms with E-state index >= 15 is 0 Å². The first-order valence-electron chi connectivity index (χ1n) is 10.7. The summed E-state index contributed by atoms with van der Waals surface area (Å²) in [7, 11) is 0. The van der Waals surface area contributed by atoms with Gasteiger partial charge in [-0.15, -0.1) is 10.2 Å². The first-order chi connectivity index (χ1) is 17.0. The van der Waals surface area contributed by atoms with Crippen LogP contribution in [-0.2, 0) is 12.4 Å². The van der Waals surface area contributed by atoms with E-state index in [1.807, 2.05) is 60.7 Å². The van der Waals surface area contributed by atoms with Gasteiger partial charge in [0.2, 0.25) is 5.88 Å². The number of nitrogens with zero attached hydrogens (tertiary/aromatic N) is 2. The summed E-state index contributed by atoms with van der Waals surface area (Å²) in [5.74, 6) is -1.00. The van der Waals surface area contributed by atoms with Gasteiger partial charge in [0.25, 0.3) is 0 Å². The molecule has 0 aliphatic carbocycles. The number of alkyl halides is 6. The van der Waals surface area contributed by atoms with Crippen molar-refractivity contribution in [2.75, 3.05) is 0 Å². The minimum atomic E-state index is -5.10. The zero-order valence-corrected chi connectivity index (χ0v) is 18.6. The molecule has 1 heterocycles. The molecule has 0 unspecified atom stereocenters. The largest absolute Gasteiger partial charge is 0.436 e. The van der Waals surface area contributed by atoms with Crippen LogP contribution in [0.3, 0.4) is 0 Å². The molecule has 1 aromatic heterocycles. The fourth-order valence-electron chi connectivity index (χ4n) is 4.08. The van der Waals surface area contributed by atoms with Crippen molar-refractivity contribution in [1.29, 1.82) is 0 Å². The van der Waals surface area contributed by atoms with Gasteiger partial charge in [-0.1, -0.05) is 54.6 Å². The van der Waals surface area contributed by atoms with Crippen LogP contribution < -0.4 is 4.74 Å². The second kappa shape index (κ2) is 8.51. The van der Waals surface area contributed by atoms with E-state index in [-0.39, 0.29) is 17.5 Å². The fourth-order valence-corrected chi connectivity index (χ4v) is 4.08. The van der Waals surface area contributed by atoms with E-state index in [4.69, 9.17) is 4.74 Å². The van der Waals surface area contributed by atoms with Crippen molar-refractivity contribution in [3.05, 3.63) is 95.6 Å². The maximum atomic E-state index is 13.8. The normalized spacial score (nSPS) is 12.3. The van der Waals surface area contributed by atoms with Crippen LogP contribution in [0.15, 0.2) is 78.9 Å². The van der Waals surface area contributed by atoms with Gasteiger partial charge in [-0.05, 0) is 47.5 Å². The van der Waals surface area contributed by atoms with Gasteiger partial charge >= 0.3 is 12.4 Å². The summed E-state index contributed by atoms with van der Waals surface area (Å²) in [6.07, 6.45) is -10.0. The van der Waals surface area contributed by atoms with Crippen LogP contribution >= 0.6 is 0 Å². The Morgan fingerprint density at radius 2 is 1.28 bits per heavy atom. The Hall–Kier alpha value is -4.14. The number of hydrogen-bond acceptors (Lipinski definition) is 3. The Morgan fingerprint density at radius 1 is 0.667 bits per heavy atom. The molecule has 0 aliphatic heterocycles. The van der Waals surface area contributed by atoms with Gasteiger partial charge in [-0.3, -0.25) is 0 Å². The zero-order valence-electron chi connectivity index (χ0n) is 18.6. The summed E-state index contributed by atoms with van der Waals surface area (Å²) in [5, 5.41) is 10.9. The minimum absolute atomic E-state index is 0.0473. The predicted molar refractivity (Wildman–Crippen MR) is 124 cm³/mol. The lowest BCUT2D eigenvalue weighted by molar-refractivity contribution is -0.143. The molecule has 0 atom stereocenters. The van der Waals surface area contributed by atoms with Crippen molar-refractivity contribution < 1.29 is 31.1 Å². The summed E-state index contributed by atoms with van der Waals surface area (Å²) in [6, 6.07) is 20.7. The van der Waals surface area contributed by atoms with Crippen molar-refractivity contribution >= 4 is 21.5 Å². The molecule has 0 radical (unpaired) electrons. The molecule has 0 amide bonds. The van der Waals surface area contributed by atoms with E-state index in [1.54, 1.807) is 6.07 Å². The average Bonchev–Trinajstić information content (AvgIpc) is 2.83. The number of halogens is 6. The molecular weight excluding hydrogens is 482 g/mol. The third-order valence-electron chi connectivity index (χ3n) is 5.77. The SMILES string of the molecule is Cc1cc(C(F)(F)F)cc(C(F)(F)F)c1Oc1nnc(-c2ccccc2)c2cc3ccccc3cc12. The highest BCUT2D eigenvalue weighted by Gasteiger charge is 2.40. The minimum Gasteiger partial charge on any atom is -0.436 e. The lowest BCUT2D eigenvalue weighted by Crippen LogP contribution is -2.13. The average molecular weight is 498 g/mol. The van der Waals surface area contributed by atoms with E-state index < -0.39 is 29.2 Å². The first kappa shape index (κ1) is 23.6. The van der Waals surface area contributed by atoms with Gasteiger partial charge in [-0.25, -0.2) is 0 Å². The highest BCUT2D eigenvalue weighted by atomic mass is 19.4. The number of aryl methyl sites for hydroxylation is 1. The summed E-state index contributed by atoms with van der Waals surface area (Å²) in [5.41, 5.74) is -2.07. The standard InChI is InChI=1S/C27H16F6N2O/c1-15-11-19(26(28,29)30)14-22(27(31,32)33)24(15)36-25-21-13-18-10-6-5-9-17(18)12-20(21)23(34-35-25)16-7-3-2-4-8-16/h2-14H,1H3. The van der Waals surface area contributed by atoms with Gasteiger partial charge in [0.15, 0.2) is 0 Å². The Morgan fingerprint density at radius 3 is 1.89 bits per heavy atom. The number of rotatable bonds is 3. The molecule has 0 saturated heterocycles. The smallest absolute Gasteiger partial charge is 0.420 e. The Bertz CT molecular complexity index is 1590. The highest BCUT2D eigenvalue weighted by molar-refractivity contribution is 6.05. The number of aromatic nitrogens is 2. The van der Waals surface area contributed by atoms with Crippen LogP contribution in [0.5, 0.6) is 11.6 Å². The number of benzene rings is 4. The van der Waals surface area contributed by atoms with E-state index in [0.29, 0.717) is 22.5 Å². The Kier molecular flexibility index (Phi) is 5.58. The van der Waals surface area contributed by atoms with Gasteiger partial charge < -0.3 is 4.74 Å². The maximum Gasteiger partial charge on any atom is 0.420 e. The molecule has 0 spiro atoms. The second-order valence-corrected chi connectivity index (χ2v) is 8.23. The monoisotopic (exact) mass is 498 g/mol. The van der Waals surface area contributed by atoms with Crippen LogP contribution in [0.2, 0.25) is 0 Å². The lowest BCUT2D eigenvalue weighted by Gasteiger charge is -2.19. The molecule has 36 heavy (non-hydrogen) atoms. The van der Waals surface area contributed by atoms with Gasteiger partial charge in [0.05, 0.1) is 11.1 Å². The molecule has 0 N–H and O–H groups in total. The number of hydrogen-bond donors (Lipinski definition) is 0. The first-order valence-corrected chi connectivity index (χ1v) is 10.7. The molecule has 4 aromatic carbocycles. The van der Waals surface area contributed by atoms with Crippen LogP contribution in [0, 0.1) is 6.92 Å². The van der Waals surface area contributed by atoms with E-state index in [9.17, 15) is 26.3 Å². The lowest BCUT2D eigenvalue weighted by atomic mass is 10.0. The maximum absolute atomic E-state index is 13.8. The molecular formula is C27H16F6N2O. The molecule has 5 aromatic rings. The molecule has 0 saturated carbocycles. The molecule has 3 nitrogen and oxygen atoms in total. The summed E-state index contributed by atoms with van der Waals surface area (Å²) < 4.78 is 86.8. The van der Waals surface area contributed by atoms with Crippen molar-refractivity contribution in [2.45, 2.75) is 19.3 Å². The molecule has 0 fully saturated rings. The van der Waals surface area contributed by atoms with Crippen LogP contribution in [-0.4, -0.2) is 10.2 Å². The predicted octanol–water partition coefficient (Wildman–Crippen LogP) is 8.59. The van der Waals surface area contributed by atoms with Gasteiger partial charge in [0, 0.05) is 16.3 Å². The van der Waals surface area contributed by atoms with Crippen molar-refractivity contribution in [3.8, 4) is 22.9 Å². The number of ether oxygens (including phenoxy) is 1. The number of fused-ring (bicyclic) bond motifs is 2.